The quantitative estimate of drug-likeness (QED) is 0.630. The summed E-state index contributed by atoms with van der Waals surface area (Å²) in [4.78, 5) is 0. The minimum atomic E-state index is -0.201. The van der Waals surface area contributed by atoms with Crippen molar-refractivity contribution < 1.29 is 10.2 Å². The molecule has 0 saturated heterocycles. The van der Waals surface area contributed by atoms with Crippen LogP contribution >= 0.6 is 0 Å². The molecule has 2 aliphatic carbocycles. The smallest absolute Gasteiger partial charge is 0.0693 e. The Morgan fingerprint density at radius 1 is 1.14 bits per heavy atom. The molecule has 0 radical (unpaired) electrons. The van der Waals surface area contributed by atoms with Crippen molar-refractivity contribution in [1.82, 2.24) is 5.32 Å². The molecule has 0 aromatic carbocycles. The van der Waals surface area contributed by atoms with Gasteiger partial charge in [0.15, 0.2) is 0 Å². The molecule has 14 heavy (non-hydrogen) atoms. The average molecular weight is 199 g/mol. The molecular weight excluding hydrogens is 178 g/mol. The Balaban J connectivity index is 1.88. The lowest BCUT2D eigenvalue weighted by atomic mass is 9.76. The second-order valence-electron chi connectivity index (χ2n) is 4.89. The van der Waals surface area contributed by atoms with E-state index in [9.17, 15) is 10.2 Å². The van der Waals surface area contributed by atoms with E-state index in [0.29, 0.717) is 0 Å². The van der Waals surface area contributed by atoms with Crippen LogP contribution in [0.15, 0.2) is 0 Å². The number of hydrogen-bond acceptors (Lipinski definition) is 3. The molecule has 3 heteroatoms. The van der Waals surface area contributed by atoms with Crippen LogP contribution < -0.4 is 5.32 Å². The van der Waals surface area contributed by atoms with Gasteiger partial charge in [-0.05, 0) is 32.1 Å². The predicted molar refractivity (Wildman–Crippen MR) is 55.1 cm³/mol. The van der Waals surface area contributed by atoms with Crippen molar-refractivity contribution in [3.8, 4) is 0 Å². The van der Waals surface area contributed by atoms with Gasteiger partial charge in [0.2, 0.25) is 0 Å². The Morgan fingerprint density at radius 3 is 2.36 bits per heavy atom. The van der Waals surface area contributed by atoms with E-state index < -0.39 is 0 Å². The third-order valence-corrected chi connectivity index (χ3v) is 3.83. The first-order valence-electron chi connectivity index (χ1n) is 5.82. The Kier molecular flexibility index (Phi) is 3.10. The highest BCUT2D eigenvalue weighted by molar-refractivity contribution is 4.99. The van der Waals surface area contributed by atoms with E-state index in [0.717, 1.165) is 32.1 Å². The van der Waals surface area contributed by atoms with Crippen LogP contribution in [0.25, 0.3) is 0 Å². The zero-order valence-corrected chi connectivity index (χ0v) is 8.71. The minimum absolute atomic E-state index is 0.0526. The Morgan fingerprint density at radius 2 is 1.86 bits per heavy atom. The molecule has 2 aliphatic rings. The van der Waals surface area contributed by atoms with Crippen LogP contribution in [-0.4, -0.2) is 34.5 Å². The van der Waals surface area contributed by atoms with E-state index in [-0.39, 0.29) is 24.3 Å². The third kappa shape index (κ3) is 1.95. The Hall–Kier alpha value is -0.120. The molecule has 0 aliphatic heterocycles. The molecule has 3 nitrogen and oxygen atoms in total. The van der Waals surface area contributed by atoms with Gasteiger partial charge >= 0.3 is 0 Å². The zero-order valence-electron chi connectivity index (χ0n) is 8.71. The van der Waals surface area contributed by atoms with E-state index in [1.165, 1.54) is 12.8 Å². The van der Waals surface area contributed by atoms with Gasteiger partial charge in [-0.15, -0.1) is 0 Å². The van der Waals surface area contributed by atoms with Gasteiger partial charge in [-0.25, -0.2) is 0 Å². The highest BCUT2D eigenvalue weighted by atomic mass is 16.3. The van der Waals surface area contributed by atoms with Gasteiger partial charge in [-0.2, -0.15) is 0 Å². The largest absolute Gasteiger partial charge is 0.394 e. The number of hydrogen-bond donors (Lipinski definition) is 3. The van der Waals surface area contributed by atoms with Crippen LogP contribution in [0.4, 0.5) is 0 Å². The fourth-order valence-corrected chi connectivity index (χ4v) is 2.62. The topological polar surface area (TPSA) is 52.5 Å². The standard InChI is InChI=1S/C11H21NO2/c13-8-11(6-3-7-11)12-9-4-1-2-5-10(9)14/h9-10,12-14H,1-8H2/t9-,10-/m1/s1. The summed E-state index contributed by atoms with van der Waals surface area (Å²) in [6.07, 6.45) is 7.45. The highest BCUT2D eigenvalue weighted by Gasteiger charge is 2.39. The van der Waals surface area contributed by atoms with Crippen LogP contribution in [0.5, 0.6) is 0 Å². The molecule has 0 amide bonds. The second-order valence-corrected chi connectivity index (χ2v) is 4.89. The van der Waals surface area contributed by atoms with Crippen molar-refractivity contribution in [2.75, 3.05) is 6.61 Å². The minimum Gasteiger partial charge on any atom is -0.394 e. The Bertz CT molecular complexity index is 186. The molecule has 0 aromatic heterocycles. The predicted octanol–water partition coefficient (Wildman–Crippen LogP) is 0.794. The number of rotatable bonds is 3. The molecule has 3 N–H and O–H groups in total. The first kappa shape index (κ1) is 10.4. The molecule has 0 spiro atoms. The fourth-order valence-electron chi connectivity index (χ4n) is 2.62. The highest BCUT2D eigenvalue weighted by Crippen LogP contribution is 2.33. The van der Waals surface area contributed by atoms with Crippen LogP contribution in [0.1, 0.15) is 44.9 Å². The molecular formula is C11H21NO2. The summed E-state index contributed by atoms with van der Waals surface area (Å²) in [5.74, 6) is 0. The molecule has 0 heterocycles. The van der Waals surface area contributed by atoms with Gasteiger partial charge in [0.1, 0.15) is 0 Å². The summed E-state index contributed by atoms with van der Waals surface area (Å²) in [5, 5.41) is 22.6. The van der Waals surface area contributed by atoms with Crippen molar-refractivity contribution >= 4 is 0 Å². The first-order chi connectivity index (χ1) is 6.76. The summed E-state index contributed by atoms with van der Waals surface area (Å²) in [5.41, 5.74) is -0.0526. The van der Waals surface area contributed by atoms with E-state index in [1.54, 1.807) is 0 Å². The maximum atomic E-state index is 9.80. The molecule has 2 saturated carbocycles. The van der Waals surface area contributed by atoms with Gasteiger partial charge in [-0.1, -0.05) is 12.8 Å². The van der Waals surface area contributed by atoms with E-state index in [1.807, 2.05) is 0 Å². The van der Waals surface area contributed by atoms with E-state index in [2.05, 4.69) is 5.32 Å². The molecule has 0 bridgehead atoms. The van der Waals surface area contributed by atoms with E-state index >= 15 is 0 Å². The van der Waals surface area contributed by atoms with Crippen LogP contribution in [-0.2, 0) is 0 Å². The average Bonchev–Trinajstić information content (AvgIpc) is 2.14. The van der Waals surface area contributed by atoms with Gasteiger partial charge in [0.05, 0.1) is 12.7 Å². The summed E-state index contributed by atoms with van der Waals surface area (Å²) in [6, 6.07) is 0.219. The van der Waals surface area contributed by atoms with Gasteiger partial charge in [0.25, 0.3) is 0 Å². The molecule has 82 valence electrons. The SMILES string of the molecule is OCC1(N[C@@H]2CCCC[C@H]2O)CCC1. The zero-order chi connectivity index (χ0) is 10.0. The Labute approximate surface area is 85.5 Å². The number of aliphatic hydroxyl groups is 2. The monoisotopic (exact) mass is 199 g/mol. The molecule has 2 rings (SSSR count). The summed E-state index contributed by atoms with van der Waals surface area (Å²) < 4.78 is 0. The first-order valence-corrected chi connectivity index (χ1v) is 5.82. The maximum Gasteiger partial charge on any atom is 0.0693 e. The van der Waals surface area contributed by atoms with Gasteiger partial charge in [-0.3, -0.25) is 0 Å². The van der Waals surface area contributed by atoms with Crippen molar-refractivity contribution in [2.24, 2.45) is 0 Å². The van der Waals surface area contributed by atoms with Crippen LogP contribution in [0.3, 0.4) is 0 Å². The molecule has 2 atom stereocenters. The lowest BCUT2D eigenvalue weighted by Crippen LogP contribution is -2.60. The van der Waals surface area contributed by atoms with Crippen molar-refractivity contribution in [3.05, 3.63) is 0 Å². The summed E-state index contributed by atoms with van der Waals surface area (Å²) in [6.45, 7) is 0.218. The molecule has 0 unspecified atom stereocenters. The van der Waals surface area contributed by atoms with Crippen LogP contribution in [0.2, 0.25) is 0 Å². The van der Waals surface area contributed by atoms with Crippen molar-refractivity contribution in [3.63, 3.8) is 0 Å². The lowest BCUT2D eigenvalue weighted by molar-refractivity contribution is 0.0245. The summed E-state index contributed by atoms with van der Waals surface area (Å²) >= 11 is 0. The maximum absolute atomic E-state index is 9.80. The number of aliphatic hydroxyl groups excluding tert-OH is 2. The normalized spacial score (nSPS) is 36.4. The molecule has 2 fully saturated rings. The third-order valence-electron chi connectivity index (χ3n) is 3.83. The van der Waals surface area contributed by atoms with Crippen LogP contribution in [0, 0.1) is 0 Å². The second kappa shape index (κ2) is 4.17. The molecule has 0 aromatic rings. The van der Waals surface area contributed by atoms with Crippen molar-refractivity contribution in [1.29, 1.82) is 0 Å². The number of nitrogens with one attached hydrogen (secondary N) is 1. The van der Waals surface area contributed by atoms with E-state index in [4.69, 9.17) is 0 Å². The van der Waals surface area contributed by atoms with Crippen molar-refractivity contribution in [2.45, 2.75) is 62.6 Å². The lowest BCUT2D eigenvalue weighted by Gasteiger charge is -2.45. The fraction of sp³-hybridized carbons (Fsp3) is 1.00. The van der Waals surface area contributed by atoms with Gasteiger partial charge in [0, 0.05) is 11.6 Å². The summed E-state index contributed by atoms with van der Waals surface area (Å²) in [7, 11) is 0. The van der Waals surface area contributed by atoms with Gasteiger partial charge < -0.3 is 15.5 Å².